The lowest BCUT2D eigenvalue weighted by atomic mass is 10.0. The van der Waals surface area contributed by atoms with Gasteiger partial charge in [-0.15, -0.1) is 0 Å². The molecule has 1 fully saturated rings. The second-order valence-electron chi connectivity index (χ2n) is 6.40. The summed E-state index contributed by atoms with van der Waals surface area (Å²) in [5, 5.41) is 3.20. The second-order valence-corrected chi connectivity index (χ2v) is 6.40. The Kier molecular flexibility index (Phi) is 5.09. The van der Waals surface area contributed by atoms with Gasteiger partial charge in [0.1, 0.15) is 0 Å². The number of aryl methyl sites for hydroxylation is 1. The van der Waals surface area contributed by atoms with Crippen molar-refractivity contribution in [3.8, 4) is 0 Å². The Morgan fingerprint density at radius 2 is 2.00 bits per heavy atom. The normalized spacial score (nSPS) is 18.6. The summed E-state index contributed by atoms with van der Waals surface area (Å²) in [5.74, 6) is 0.0419. The molecule has 0 spiro atoms. The molecule has 3 rings (SSSR count). The molecule has 1 heterocycles. The topological polar surface area (TPSA) is 32.3 Å². The van der Waals surface area contributed by atoms with Gasteiger partial charge in [0.25, 0.3) is 5.91 Å². The number of amides is 1. The molecule has 1 atom stereocenters. The maximum Gasteiger partial charge on any atom is 0.251 e. The summed E-state index contributed by atoms with van der Waals surface area (Å²) in [6, 6.07) is 18.5. The van der Waals surface area contributed by atoms with Crippen molar-refractivity contribution in [2.75, 3.05) is 13.1 Å². The van der Waals surface area contributed by atoms with Gasteiger partial charge in [0, 0.05) is 24.7 Å². The number of likely N-dealkylation sites (tertiary alicyclic amines) is 1. The first-order valence-electron chi connectivity index (χ1n) is 8.34. The van der Waals surface area contributed by atoms with Gasteiger partial charge in [-0.2, -0.15) is 0 Å². The molecule has 1 amide bonds. The molecule has 1 unspecified atom stereocenters. The lowest BCUT2D eigenvalue weighted by Gasteiger charge is -2.33. The summed E-state index contributed by atoms with van der Waals surface area (Å²) in [7, 11) is 0. The third-order valence-corrected chi connectivity index (χ3v) is 4.37. The molecule has 120 valence electrons. The molecule has 0 bridgehead atoms. The summed E-state index contributed by atoms with van der Waals surface area (Å²) in [4.78, 5) is 14.8. The Morgan fingerprint density at radius 1 is 1.17 bits per heavy atom. The fraction of sp³-hybridized carbons (Fsp3) is 0.350. The number of hydrogen-bond donors (Lipinski definition) is 1. The molecule has 1 aliphatic rings. The Labute approximate surface area is 138 Å². The van der Waals surface area contributed by atoms with E-state index in [9.17, 15) is 4.79 Å². The van der Waals surface area contributed by atoms with Crippen LogP contribution in [-0.2, 0) is 6.54 Å². The molecule has 0 saturated carbocycles. The smallest absolute Gasteiger partial charge is 0.251 e. The predicted octanol–water partition coefficient (Wildman–Crippen LogP) is 3.39. The standard InChI is InChI=1S/C20H24N2O/c1-16-7-5-10-18(13-16)20(23)21-19-11-6-12-22(15-19)14-17-8-3-2-4-9-17/h2-5,7-10,13,19H,6,11-12,14-15H2,1H3,(H,21,23). The Morgan fingerprint density at radius 3 is 2.78 bits per heavy atom. The van der Waals surface area contributed by atoms with E-state index < -0.39 is 0 Å². The summed E-state index contributed by atoms with van der Waals surface area (Å²) in [5.41, 5.74) is 3.20. The van der Waals surface area contributed by atoms with Crippen molar-refractivity contribution in [1.82, 2.24) is 10.2 Å². The van der Waals surface area contributed by atoms with Crippen LogP contribution in [0.5, 0.6) is 0 Å². The lowest BCUT2D eigenvalue weighted by molar-refractivity contribution is 0.0900. The molecule has 3 nitrogen and oxygen atoms in total. The Hall–Kier alpha value is -2.13. The van der Waals surface area contributed by atoms with Crippen molar-refractivity contribution < 1.29 is 4.79 Å². The largest absolute Gasteiger partial charge is 0.348 e. The Bertz CT molecular complexity index is 654. The molecule has 1 N–H and O–H groups in total. The van der Waals surface area contributed by atoms with Crippen LogP contribution in [0.1, 0.15) is 34.3 Å². The molecule has 1 aliphatic heterocycles. The highest BCUT2D eigenvalue weighted by Gasteiger charge is 2.21. The highest BCUT2D eigenvalue weighted by atomic mass is 16.1. The van der Waals surface area contributed by atoms with E-state index in [1.54, 1.807) is 0 Å². The van der Waals surface area contributed by atoms with Crippen LogP contribution in [0, 0.1) is 6.92 Å². The van der Waals surface area contributed by atoms with Crippen molar-refractivity contribution in [3.05, 3.63) is 71.3 Å². The highest BCUT2D eigenvalue weighted by molar-refractivity contribution is 5.94. The fourth-order valence-electron chi connectivity index (χ4n) is 3.21. The molecule has 0 radical (unpaired) electrons. The quantitative estimate of drug-likeness (QED) is 0.939. The van der Waals surface area contributed by atoms with Crippen LogP contribution in [0.4, 0.5) is 0 Å². The zero-order valence-electron chi connectivity index (χ0n) is 13.7. The summed E-state index contributed by atoms with van der Waals surface area (Å²) in [6.07, 6.45) is 2.19. The molecule has 2 aromatic rings. The van der Waals surface area contributed by atoms with Crippen molar-refractivity contribution in [2.24, 2.45) is 0 Å². The number of carbonyl (C=O) groups excluding carboxylic acids is 1. The average Bonchev–Trinajstić information content (AvgIpc) is 2.56. The molecule has 2 aromatic carbocycles. The highest BCUT2D eigenvalue weighted by Crippen LogP contribution is 2.14. The molecule has 0 aromatic heterocycles. The molecule has 0 aliphatic carbocycles. The average molecular weight is 308 g/mol. The molecule has 3 heteroatoms. The zero-order valence-corrected chi connectivity index (χ0v) is 13.7. The first-order valence-corrected chi connectivity index (χ1v) is 8.34. The summed E-state index contributed by atoms with van der Waals surface area (Å²) < 4.78 is 0. The number of benzene rings is 2. The summed E-state index contributed by atoms with van der Waals surface area (Å²) in [6.45, 7) is 4.99. The van der Waals surface area contributed by atoms with Gasteiger partial charge in [0.15, 0.2) is 0 Å². The maximum atomic E-state index is 12.4. The van der Waals surface area contributed by atoms with E-state index in [0.717, 1.165) is 43.6 Å². The van der Waals surface area contributed by atoms with Gasteiger partial charge in [-0.25, -0.2) is 0 Å². The molecule has 23 heavy (non-hydrogen) atoms. The van der Waals surface area contributed by atoms with Gasteiger partial charge in [0.2, 0.25) is 0 Å². The summed E-state index contributed by atoms with van der Waals surface area (Å²) >= 11 is 0. The fourth-order valence-corrected chi connectivity index (χ4v) is 3.21. The number of piperidine rings is 1. The van der Waals surface area contributed by atoms with Gasteiger partial charge in [-0.05, 0) is 44.0 Å². The third-order valence-electron chi connectivity index (χ3n) is 4.37. The van der Waals surface area contributed by atoms with Crippen LogP contribution in [-0.4, -0.2) is 29.9 Å². The van der Waals surface area contributed by atoms with E-state index in [4.69, 9.17) is 0 Å². The molecular weight excluding hydrogens is 284 g/mol. The lowest BCUT2D eigenvalue weighted by Crippen LogP contribution is -2.47. The van der Waals surface area contributed by atoms with Crippen LogP contribution in [0.25, 0.3) is 0 Å². The minimum Gasteiger partial charge on any atom is -0.348 e. The maximum absolute atomic E-state index is 12.4. The van der Waals surface area contributed by atoms with Crippen LogP contribution < -0.4 is 5.32 Å². The van der Waals surface area contributed by atoms with Crippen LogP contribution in [0.15, 0.2) is 54.6 Å². The second kappa shape index (κ2) is 7.42. The van der Waals surface area contributed by atoms with Gasteiger partial charge in [-0.1, -0.05) is 48.0 Å². The van der Waals surface area contributed by atoms with Crippen LogP contribution in [0.2, 0.25) is 0 Å². The minimum absolute atomic E-state index is 0.0419. The van der Waals surface area contributed by atoms with Gasteiger partial charge in [-0.3, -0.25) is 9.69 Å². The van der Waals surface area contributed by atoms with E-state index >= 15 is 0 Å². The first-order chi connectivity index (χ1) is 11.2. The van der Waals surface area contributed by atoms with Gasteiger partial charge in [0.05, 0.1) is 0 Å². The van der Waals surface area contributed by atoms with E-state index in [1.165, 1.54) is 5.56 Å². The van der Waals surface area contributed by atoms with Crippen molar-refractivity contribution in [3.63, 3.8) is 0 Å². The molecular formula is C20H24N2O. The first kappa shape index (κ1) is 15.8. The monoisotopic (exact) mass is 308 g/mol. The Balaban J connectivity index is 1.57. The van der Waals surface area contributed by atoms with Crippen molar-refractivity contribution >= 4 is 5.91 Å². The van der Waals surface area contributed by atoms with Crippen molar-refractivity contribution in [2.45, 2.75) is 32.4 Å². The van der Waals surface area contributed by atoms with E-state index in [0.29, 0.717) is 0 Å². The SMILES string of the molecule is Cc1cccc(C(=O)NC2CCCN(Cc3ccccc3)C2)c1. The van der Waals surface area contributed by atoms with E-state index in [2.05, 4.69) is 34.5 Å². The van der Waals surface area contributed by atoms with Crippen LogP contribution in [0.3, 0.4) is 0 Å². The predicted molar refractivity (Wildman–Crippen MR) is 93.4 cm³/mol. The van der Waals surface area contributed by atoms with Gasteiger partial charge < -0.3 is 5.32 Å². The third kappa shape index (κ3) is 4.42. The minimum atomic E-state index is 0.0419. The van der Waals surface area contributed by atoms with E-state index in [-0.39, 0.29) is 11.9 Å². The van der Waals surface area contributed by atoms with Gasteiger partial charge >= 0.3 is 0 Å². The number of nitrogens with one attached hydrogen (secondary N) is 1. The number of rotatable bonds is 4. The number of nitrogens with zero attached hydrogens (tertiary/aromatic N) is 1. The number of hydrogen-bond acceptors (Lipinski definition) is 2. The number of carbonyl (C=O) groups is 1. The zero-order chi connectivity index (χ0) is 16.1. The van der Waals surface area contributed by atoms with Crippen LogP contribution >= 0.6 is 0 Å². The molecule has 1 saturated heterocycles. The van der Waals surface area contributed by atoms with Crippen molar-refractivity contribution in [1.29, 1.82) is 0 Å². The van der Waals surface area contributed by atoms with E-state index in [1.807, 2.05) is 37.3 Å².